The van der Waals surface area contributed by atoms with Crippen LogP contribution in [0.25, 0.3) is 0 Å². The van der Waals surface area contributed by atoms with Crippen molar-refractivity contribution in [3.8, 4) is 0 Å². The number of benzene rings is 1. The van der Waals surface area contributed by atoms with Gasteiger partial charge in [-0.1, -0.05) is 38.0 Å². The summed E-state index contributed by atoms with van der Waals surface area (Å²) in [5.41, 5.74) is 1.60. The lowest BCUT2D eigenvalue weighted by atomic mass is 9.73. The fourth-order valence-corrected chi connectivity index (χ4v) is 4.63. The fraction of sp³-hybridized carbons (Fsp3) is 0.400. The van der Waals surface area contributed by atoms with Crippen LogP contribution in [0.1, 0.15) is 68.3 Å². The third kappa shape index (κ3) is 3.06. The molecular weight excluding hydrogens is 364 g/mol. The molecule has 1 aliphatic carbocycles. The first-order valence-corrected chi connectivity index (χ1v) is 9.76. The molecule has 0 fully saturated rings. The average molecular weight is 384 g/mol. The smallest absolute Gasteiger partial charge is 0.322 e. The van der Waals surface area contributed by atoms with Gasteiger partial charge in [-0.25, -0.2) is 9.78 Å². The highest BCUT2D eigenvalue weighted by molar-refractivity contribution is 7.13. The second kappa shape index (κ2) is 6.27. The molecule has 0 saturated heterocycles. The van der Waals surface area contributed by atoms with E-state index in [1.165, 1.54) is 23.5 Å². The minimum Gasteiger partial charge on any atom is -0.322 e. The number of thiazole rings is 1. The number of hydrogen-bond donors (Lipinski definition) is 0. The first-order valence-electron chi connectivity index (χ1n) is 8.94. The largest absolute Gasteiger partial charge is 0.392 e. The minimum absolute atomic E-state index is 0.186. The topological polar surface area (TPSA) is 76.6 Å². The van der Waals surface area contributed by atoms with Crippen LogP contribution < -0.4 is 0 Å². The van der Waals surface area contributed by atoms with E-state index >= 15 is 0 Å². The first-order chi connectivity index (χ1) is 12.8. The van der Waals surface area contributed by atoms with E-state index in [2.05, 4.69) is 25.8 Å². The van der Waals surface area contributed by atoms with Crippen molar-refractivity contribution < 1.29 is 19.2 Å². The van der Waals surface area contributed by atoms with Gasteiger partial charge >= 0.3 is 5.97 Å². The molecule has 1 aromatic heterocycles. The number of imide groups is 1. The van der Waals surface area contributed by atoms with Crippen molar-refractivity contribution in [3.05, 3.63) is 51.0 Å². The van der Waals surface area contributed by atoms with E-state index in [0.717, 1.165) is 29.8 Å². The molecular formula is C20H20N2O4S. The number of aryl methyl sites for hydroxylation is 1. The molecule has 4 rings (SSSR count). The van der Waals surface area contributed by atoms with Gasteiger partial charge in [0.2, 0.25) is 5.01 Å². The lowest BCUT2D eigenvalue weighted by Crippen LogP contribution is -2.32. The van der Waals surface area contributed by atoms with Crippen LogP contribution in [0.3, 0.4) is 0 Å². The predicted octanol–water partition coefficient (Wildman–Crippen LogP) is 3.66. The van der Waals surface area contributed by atoms with Crippen molar-refractivity contribution in [1.29, 1.82) is 0 Å². The monoisotopic (exact) mass is 384 g/mol. The SMILES string of the molecule is CC(C)(C)C1CCc2nc(C(=O)ON3C(=O)c4ccccc4C3=O)sc2C1. The molecule has 0 spiro atoms. The highest BCUT2D eigenvalue weighted by Gasteiger charge is 2.39. The van der Waals surface area contributed by atoms with Gasteiger partial charge in [0.15, 0.2) is 0 Å². The van der Waals surface area contributed by atoms with Crippen molar-refractivity contribution in [2.24, 2.45) is 11.3 Å². The molecule has 7 heteroatoms. The van der Waals surface area contributed by atoms with Crippen molar-refractivity contribution in [3.63, 3.8) is 0 Å². The fourth-order valence-electron chi connectivity index (χ4n) is 3.57. The maximum absolute atomic E-state index is 12.5. The van der Waals surface area contributed by atoms with Crippen molar-refractivity contribution in [1.82, 2.24) is 10.0 Å². The zero-order valence-electron chi connectivity index (χ0n) is 15.4. The maximum Gasteiger partial charge on any atom is 0.392 e. The van der Waals surface area contributed by atoms with Gasteiger partial charge in [-0.05, 0) is 42.7 Å². The first kappa shape index (κ1) is 17.9. The summed E-state index contributed by atoms with van der Waals surface area (Å²) >= 11 is 1.30. The van der Waals surface area contributed by atoms with E-state index in [4.69, 9.17) is 4.84 Å². The summed E-state index contributed by atoms with van der Waals surface area (Å²) in [6.07, 6.45) is 2.75. The molecule has 1 unspecified atom stereocenters. The number of carbonyl (C=O) groups is 3. The molecule has 2 aromatic rings. The van der Waals surface area contributed by atoms with Gasteiger partial charge in [0.05, 0.1) is 16.8 Å². The Morgan fingerprint density at radius 3 is 2.41 bits per heavy atom. The third-order valence-electron chi connectivity index (χ3n) is 5.27. The van der Waals surface area contributed by atoms with Crippen molar-refractivity contribution in [2.45, 2.75) is 40.0 Å². The average Bonchev–Trinajstić information content (AvgIpc) is 3.16. The quantitative estimate of drug-likeness (QED) is 0.739. The molecule has 2 aliphatic rings. The number of amides is 2. The Morgan fingerprint density at radius 2 is 1.81 bits per heavy atom. The Morgan fingerprint density at radius 1 is 1.19 bits per heavy atom. The van der Waals surface area contributed by atoms with Crippen LogP contribution in [0.2, 0.25) is 0 Å². The van der Waals surface area contributed by atoms with Gasteiger partial charge < -0.3 is 4.84 Å². The number of hydroxylamine groups is 2. The van der Waals surface area contributed by atoms with E-state index < -0.39 is 17.8 Å². The van der Waals surface area contributed by atoms with Gasteiger partial charge in [-0.3, -0.25) is 9.59 Å². The van der Waals surface area contributed by atoms with Crippen LogP contribution in [-0.4, -0.2) is 27.8 Å². The summed E-state index contributed by atoms with van der Waals surface area (Å²) in [6, 6.07) is 6.40. The highest BCUT2D eigenvalue weighted by Crippen LogP contribution is 2.39. The van der Waals surface area contributed by atoms with E-state index in [1.54, 1.807) is 12.1 Å². The number of fused-ring (bicyclic) bond motifs is 2. The third-order valence-corrected chi connectivity index (χ3v) is 6.37. The standard InChI is InChI=1S/C20H20N2O4S/c1-20(2,3)11-8-9-14-15(10-11)27-16(21-14)19(25)26-22-17(23)12-6-4-5-7-13(12)18(22)24/h4-7,11H,8-10H2,1-3H3. The van der Waals surface area contributed by atoms with Crippen molar-refractivity contribution in [2.75, 3.05) is 0 Å². The Kier molecular flexibility index (Phi) is 4.14. The van der Waals surface area contributed by atoms with Gasteiger partial charge in [-0.15, -0.1) is 11.3 Å². The summed E-state index contributed by atoms with van der Waals surface area (Å²) < 4.78 is 0. The molecule has 0 saturated carbocycles. The van der Waals surface area contributed by atoms with E-state index in [9.17, 15) is 14.4 Å². The molecule has 1 aliphatic heterocycles. The Bertz CT molecular complexity index is 922. The summed E-state index contributed by atoms with van der Waals surface area (Å²) in [7, 11) is 0. The number of aromatic nitrogens is 1. The molecule has 2 heterocycles. The zero-order valence-corrected chi connectivity index (χ0v) is 16.3. The molecule has 6 nitrogen and oxygen atoms in total. The summed E-state index contributed by atoms with van der Waals surface area (Å²) in [5.74, 6) is -1.49. The number of rotatable bonds is 2. The van der Waals surface area contributed by atoms with E-state index in [-0.39, 0.29) is 21.5 Å². The van der Waals surface area contributed by atoms with Crippen LogP contribution in [0, 0.1) is 11.3 Å². The molecule has 2 amide bonds. The summed E-state index contributed by atoms with van der Waals surface area (Å²) in [6.45, 7) is 6.67. The van der Waals surface area contributed by atoms with E-state index in [0.29, 0.717) is 11.0 Å². The molecule has 0 bridgehead atoms. The Labute approximate surface area is 161 Å². The molecule has 0 N–H and O–H groups in total. The number of carbonyl (C=O) groups excluding carboxylic acids is 3. The zero-order chi connectivity index (χ0) is 19.3. The van der Waals surface area contributed by atoms with Gasteiger partial charge in [0, 0.05) is 4.88 Å². The van der Waals surface area contributed by atoms with Gasteiger partial charge in [0.1, 0.15) is 0 Å². The molecule has 140 valence electrons. The molecule has 1 atom stereocenters. The van der Waals surface area contributed by atoms with Crippen LogP contribution in [-0.2, 0) is 17.7 Å². The second-order valence-corrected chi connectivity index (χ2v) is 9.11. The van der Waals surface area contributed by atoms with Crippen molar-refractivity contribution >= 4 is 29.1 Å². The van der Waals surface area contributed by atoms with Crippen LogP contribution in [0.15, 0.2) is 24.3 Å². The number of hydrogen-bond acceptors (Lipinski definition) is 6. The van der Waals surface area contributed by atoms with E-state index in [1.807, 2.05) is 0 Å². The Hall–Kier alpha value is -2.54. The number of nitrogens with zero attached hydrogens (tertiary/aromatic N) is 2. The second-order valence-electron chi connectivity index (χ2n) is 8.02. The maximum atomic E-state index is 12.5. The lowest BCUT2D eigenvalue weighted by Gasteiger charge is -2.33. The molecule has 1 aromatic carbocycles. The normalized spacial score (nSPS) is 19.1. The van der Waals surface area contributed by atoms with Gasteiger partial charge in [0.25, 0.3) is 11.8 Å². The molecule has 27 heavy (non-hydrogen) atoms. The highest BCUT2D eigenvalue weighted by atomic mass is 32.1. The lowest BCUT2D eigenvalue weighted by molar-refractivity contribution is -0.0584. The minimum atomic E-state index is -0.767. The van der Waals surface area contributed by atoms with Crippen LogP contribution in [0.5, 0.6) is 0 Å². The summed E-state index contributed by atoms with van der Waals surface area (Å²) in [5, 5.41) is 0.719. The Balaban J connectivity index is 1.52. The van der Waals surface area contributed by atoms with Gasteiger partial charge in [-0.2, -0.15) is 0 Å². The predicted molar refractivity (Wildman–Crippen MR) is 99.4 cm³/mol. The van der Waals surface area contributed by atoms with Crippen LogP contribution in [0.4, 0.5) is 0 Å². The molecule has 0 radical (unpaired) electrons. The summed E-state index contributed by atoms with van der Waals surface area (Å²) in [4.78, 5) is 47.8. The van der Waals surface area contributed by atoms with Crippen LogP contribution >= 0.6 is 11.3 Å².